The molecule has 11 heavy (non-hydrogen) atoms. The summed E-state index contributed by atoms with van der Waals surface area (Å²) < 4.78 is 12.5. The Kier molecular flexibility index (Phi) is 4.79. The van der Waals surface area contributed by atoms with E-state index in [2.05, 4.69) is 6.58 Å². The first kappa shape index (κ1) is 10.4. The summed E-state index contributed by atoms with van der Waals surface area (Å²) in [7, 11) is 0. The first-order chi connectivity index (χ1) is 4.83. The molecule has 60 valence electrons. The molecule has 0 aliphatic carbocycles. The van der Waals surface area contributed by atoms with E-state index < -0.39 is 0 Å². The van der Waals surface area contributed by atoms with Crippen LogP contribution in [-0.4, -0.2) is 0 Å². The zero-order valence-corrected chi connectivity index (χ0v) is 7.80. The quantitative estimate of drug-likeness (QED) is 0.667. The predicted octanol–water partition coefficient (Wildman–Crippen LogP) is 3.13. The molecule has 0 heterocycles. The van der Waals surface area contributed by atoms with Gasteiger partial charge in [-0.05, 0) is 24.1 Å². The smallest absolute Gasteiger partial charge is 0.123 e. The molecular weight excluding hydrogens is 207 g/mol. The van der Waals surface area contributed by atoms with Crippen LogP contribution < -0.4 is 0 Å². The topological polar surface area (TPSA) is 0 Å². The lowest BCUT2D eigenvalue weighted by molar-refractivity contribution is 0.626. The highest BCUT2D eigenvalue weighted by molar-refractivity contribution is 8.93. The molecule has 0 spiro atoms. The molecular formula is C9H10BrF. The molecule has 0 aromatic heterocycles. The Balaban J connectivity index is 0.000001000. The average molecular weight is 217 g/mol. The highest BCUT2D eigenvalue weighted by Crippen LogP contribution is 2.03. The summed E-state index contributed by atoms with van der Waals surface area (Å²) in [6.07, 6.45) is 2.49. The normalized spacial score (nSPS) is 8.45. The van der Waals surface area contributed by atoms with E-state index in [-0.39, 0.29) is 22.8 Å². The van der Waals surface area contributed by atoms with Crippen molar-refractivity contribution in [2.45, 2.75) is 6.42 Å². The van der Waals surface area contributed by atoms with Crippen molar-refractivity contribution in [1.82, 2.24) is 0 Å². The van der Waals surface area contributed by atoms with Gasteiger partial charge in [-0.15, -0.1) is 23.6 Å². The van der Waals surface area contributed by atoms with Crippen molar-refractivity contribution in [3.8, 4) is 0 Å². The molecule has 0 nitrogen and oxygen atoms in total. The molecule has 0 radical (unpaired) electrons. The molecule has 1 rings (SSSR count). The van der Waals surface area contributed by atoms with Crippen LogP contribution in [0.4, 0.5) is 4.39 Å². The van der Waals surface area contributed by atoms with Crippen molar-refractivity contribution >= 4 is 17.0 Å². The number of benzene rings is 1. The SMILES string of the molecule is Br.C=CCc1cccc(F)c1. The van der Waals surface area contributed by atoms with Crippen LogP contribution in [0.15, 0.2) is 36.9 Å². The van der Waals surface area contributed by atoms with E-state index in [1.807, 2.05) is 6.07 Å². The lowest BCUT2D eigenvalue weighted by Gasteiger charge is -1.93. The van der Waals surface area contributed by atoms with Crippen molar-refractivity contribution in [1.29, 1.82) is 0 Å². The summed E-state index contributed by atoms with van der Waals surface area (Å²) in [5.41, 5.74) is 0.968. The molecule has 0 aliphatic rings. The average Bonchev–Trinajstić information content (AvgIpc) is 1.88. The van der Waals surface area contributed by atoms with Crippen molar-refractivity contribution < 1.29 is 4.39 Å². The number of allylic oxidation sites excluding steroid dienone is 1. The van der Waals surface area contributed by atoms with Gasteiger partial charge in [-0.25, -0.2) is 4.39 Å². The van der Waals surface area contributed by atoms with Crippen molar-refractivity contribution in [2.24, 2.45) is 0 Å². The Morgan fingerprint density at radius 3 is 2.73 bits per heavy atom. The molecule has 0 unspecified atom stereocenters. The fourth-order valence-corrected chi connectivity index (χ4v) is 0.831. The number of hydrogen-bond acceptors (Lipinski definition) is 0. The van der Waals surface area contributed by atoms with Gasteiger partial charge in [-0.1, -0.05) is 18.2 Å². The van der Waals surface area contributed by atoms with Crippen molar-refractivity contribution in [3.63, 3.8) is 0 Å². The minimum atomic E-state index is -0.181. The van der Waals surface area contributed by atoms with Gasteiger partial charge in [-0.2, -0.15) is 0 Å². The van der Waals surface area contributed by atoms with Crippen LogP contribution in [-0.2, 0) is 6.42 Å². The maximum Gasteiger partial charge on any atom is 0.123 e. The zero-order chi connectivity index (χ0) is 7.40. The van der Waals surface area contributed by atoms with Crippen LogP contribution in [0.1, 0.15) is 5.56 Å². The van der Waals surface area contributed by atoms with Gasteiger partial charge < -0.3 is 0 Å². The van der Waals surface area contributed by atoms with Gasteiger partial charge in [0.05, 0.1) is 0 Å². The van der Waals surface area contributed by atoms with E-state index in [1.165, 1.54) is 12.1 Å². The molecule has 0 N–H and O–H groups in total. The standard InChI is InChI=1S/C9H9F.BrH/c1-2-4-8-5-3-6-9(10)7-8;/h2-3,5-7H,1,4H2;1H. The maximum atomic E-state index is 12.5. The largest absolute Gasteiger partial charge is 0.207 e. The van der Waals surface area contributed by atoms with Crippen LogP contribution in [0.3, 0.4) is 0 Å². The Hall–Kier alpha value is -0.630. The first-order valence-electron chi connectivity index (χ1n) is 3.18. The van der Waals surface area contributed by atoms with E-state index in [1.54, 1.807) is 12.1 Å². The van der Waals surface area contributed by atoms with Gasteiger partial charge in [0.1, 0.15) is 5.82 Å². The molecule has 0 saturated heterocycles. The molecule has 0 atom stereocenters. The van der Waals surface area contributed by atoms with Crippen LogP contribution in [0.5, 0.6) is 0 Å². The maximum absolute atomic E-state index is 12.5. The lowest BCUT2D eigenvalue weighted by Crippen LogP contribution is -1.80. The fourth-order valence-electron chi connectivity index (χ4n) is 0.831. The summed E-state index contributed by atoms with van der Waals surface area (Å²) in [4.78, 5) is 0. The van der Waals surface area contributed by atoms with E-state index in [0.29, 0.717) is 0 Å². The van der Waals surface area contributed by atoms with Gasteiger partial charge in [-0.3, -0.25) is 0 Å². The highest BCUT2D eigenvalue weighted by Gasteiger charge is 1.90. The van der Waals surface area contributed by atoms with E-state index in [9.17, 15) is 4.39 Å². The summed E-state index contributed by atoms with van der Waals surface area (Å²) >= 11 is 0. The van der Waals surface area contributed by atoms with Gasteiger partial charge in [0, 0.05) is 0 Å². The van der Waals surface area contributed by atoms with Crippen molar-refractivity contribution in [2.75, 3.05) is 0 Å². The van der Waals surface area contributed by atoms with Gasteiger partial charge in [0.25, 0.3) is 0 Å². The first-order valence-corrected chi connectivity index (χ1v) is 3.18. The van der Waals surface area contributed by atoms with Gasteiger partial charge in [0.2, 0.25) is 0 Å². The minimum absolute atomic E-state index is 0. The molecule has 0 bridgehead atoms. The number of rotatable bonds is 2. The molecule has 2 heteroatoms. The highest BCUT2D eigenvalue weighted by atomic mass is 79.9. The second-order valence-electron chi connectivity index (χ2n) is 2.12. The Morgan fingerprint density at radius 2 is 2.18 bits per heavy atom. The third-order valence-electron chi connectivity index (χ3n) is 1.27. The Bertz CT molecular complexity index is 233. The summed E-state index contributed by atoms with van der Waals surface area (Å²) in [6.45, 7) is 3.56. The van der Waals surface area contributed by atoms with E-state index >= 15 is 0 Å². The summed E-state index contributed by atoms with van der Waals surface area (Å²) in [5, 5.41) is 0. The second kappa shape index (κ2) is 5.08. The van der Waals surface area contributed by atoms with Crippen LogP contribution in [0, 0.1) is 5.82 Å². The zero-order valence-electron chi connectivity index (χ0n) is 6.09. The van der Waals surface area contributed by atoms with Crippen LogP contribution >= 0.6 is 17.0 Å². The molecule has 0 fully saturated rings. The summed E-state index contributed by atoms with van der Waals surface area (Å²) in [5.74, 6) is -0.181. The van der Waals surface area contributed by atoms with Crippen molar-refractivity contribution in [3.05, 3.63) is 48.3 Å². The fraction of sp³-hybridized carbons (Fsp3) is 0.111. The predicted molar refractivity (Wildman–Crippen MR) is 50.6 cm³/mol. The Morgan fingerprint density at radius 1 is 1.45 bits per heavy atom. The molecule has 0 aliphatic heterocycles. The van der Waals surface area contributed by atoms with E-state index in [4.69, 9.17) is 0 Å². The van der Waals surface area contributed by atoms with Gasteiger partial charge >= 0.3 is 0 Å². The Labute approximate surface area is 76.5 Å². The van der Waals surface area contributed by atoms with Crippen LogP contribution in [0.2, 0.25) is 0 Å². The number of hydrogen-bond donors (Lipinski definition) is 0. The second-order valence-corrected chi connectivity index (χ2v) is 2.12. The molecule has 1 aromatic carbocycles. The molecule has 0 amide bonds. The van der Waals surface area contributed by atoms with E-state index in [0.717, 1.165) is 12.0 Å². The summed E-state index contributed by atoms with van der Waals surface area (Å²) in [6, 6.07) is 6.53. The number of halogens is 2. The molecule has 1 aromatic rings. The van der Waals surface area contributed by atoms with Crippen LogP contribution in [0.25, 0.3) is 0 Å². The minimum Gasteiger partial charge on any atom is -0.207 e. The monoisotopic (exact) mass is 216 g/mol. The van der Waals surface area contributed by atoms with Gasteiger partial charge in [0.15, 0.2) is 0 Å². The third-order valence-corrected chi connectivity index (χ3v) is 1.27. The third kappa shape index (κ3) is 3.33. The lowest BCUT2D eigenvalue weighted by atomic mass is 10.1. The molecule has 0 saturated carbocycles.